The highest BCUT2D eigenvalue weighted by Crippen LogP contribution is 2.29. The summed E-state index contributed by atoms with van der Waals surface area (Å²) in [6.45, 7) is 1.91. The van der Waals surface area contributed by atoms with Crippen LogP contribution in [-0.2, 0) is 11.3 Å². The number of carbonyl (C=O) groups excluding carboxylic acids is 3. The van der Waals surface area contributed by atoms with Gasteiger partial charge in [0.15, 0.2) is 0 Å². The molecule has 10 heteroatoms. The Balaban J connectivity index is 1.41. The van der Waals surface area contributed by atoms with Crippen LogP contribution in [0.5, 0.6) is 11.6 Å². The summed E-state index contributed by atoms with van der Waals surface area (Å²) in [5.41, 5.74) is 1.78. The molecule has 0 spiro atoms. The number of methoxy groups -OCH3 is 1. The summed E-state index contributed by atoms with van der Waals surface area (Å²) >= 11 is 0. The molecule has 1 aromatic carbocycles. The zero-order chi connectivity index (χ0) is 25.4. The Labute approximate surface area is 206 Å². The molecule has 180 valence electrons. The van der Waals surface area contributed by atoms with Gasteiger partial charge in [-0.3, -0.25) is 19.9 Å². The van der Waals surface area contributed by atoms with Crippen molar-refractivity contribution >= 4 is 17.8 Å². The maximum atomic E-state index is 13.0. The van der Waals surface area contributed by atoms with Gasteiger partial charge in [0, 0.05) is 29.6 Å². The maximum absolute atomic E-state index is 13.0. The molecule has 3 N–H and O–H groups in total. The number of ether oxygens (including phenoxy) is 1. The minimum absolute atomic E-state index is 0.125. The number of pyridine rings is 2. The van der Waals surface area contributed by atoms with E-state index in [2.05, 4.69) is 32.4 Å². The molecule has 3 aromatic rings. The van der Waals surface area contributed by atoms with Crippen LogP contribution in [0.4, 0.5) is 4.79 Å². The second kappa shape index (κ2) is 8.70. The van der Waals surface area contributed by atoms with Crippen LogP contribution in [-0.4, -0.2) is 57.0 Å². The highest BCUT2D eigenvalue weighted by atomic mass is 16.5. The minimum atomic E-state index is -1.63. The largest absolute Gasteiger partial charge is 0.497 e. The third-order valence-electron chi connectivity index (χ3n) is 6.04. The van der Waals surface area contributed by atoms with Crippen LogP contribution in [0.15, 0.2) is 48.7 Å². The zero-order valence-electron chi connectivity index (χ0n) is 19.5. The summed E-state index contributed by atoms with van der Waals surface area (Å²) in [5, 5.41) is 14.9. The standard InChI is InChI=1S/C26H21N5O5/c1-15-3-7-19(22(32)28-15)21-8-4-16(12-27-21)9-10-26(24(34)29-25(35)30-26)14-31-13-17-5-6-18(36-2)11-20(17)23(31)33/h3-8,11-12H,13-14H2,1-2H3,(H,28,32)(H2,29,30,34,35)/t26-/m1/s1. The fourth-order valence-electron chi connectivity index (χ4n) is 4.16. The number of nitrogens with zero attached hydrogens (tertiary/aromatic N) is 3. The number of aromatic hydroxyl groups is 1. The number of carbonyl (C=O) groups is 3. The van der Waals surface area contributed by atoms with Crippen molar-refractivity contribution in [1.29, 1.82) is 0 Å². The molecule has 5 rings (SSSR count). The molecule has 0 unspecified atom stereocenters. The average molecular weight is 483 g/mol. The molecule has 2 aliphatic rings. The average Bonchev–Trinajstić information content (AvgIpc) is 3.32. The zero-order valence-corrected chi connectivity index (χ0v) is 19.5. The van der Waals surface area contributed by atoms with Crippen LogP contribution in [0.3, 0.4) is 0 Å². The number of rotatable bonds is 4. The number of imide groups is 1. The van der Waals surface area contributed by atoms with Crippen LogP contribution in [0.1, 0.15) is 27.2 Å². The first kappa shape index (κ1) is 22.9. The molecular weight excluding hydrogens is 462 g/mol. The Morgan fingerprint density at radius 3 is 2.64 bits per heavy atom. The predicted molar refractivity (Wildman–Crippen MR) is 128 cm³/mol. The summed E-state index contributed by atoms with van der Waals surface area (Å²) in [4.78, 5) is 47.7. The van der Waals surface area contributed by atoms with E-state index in [0.717, 1.165) is 5.56 Å². The van der Waals surface area contributed by atoms with E-state index in [-0.39, 0.29) is 24.9 Å². The van der Waals surface area contributed by atoms with Crippen LogP contribution in [0, 0.1) is 18.8 Å². The lowest BCUT2D eigenvalue weighted by atomic mass is 9.99. The van der Waals surface area contributed by atoms with Gasteiger partial charge in [-0.1, -0.05) is 17.9 Å². The molecule has 36 heavy (non-hydrogen) atoms. The Morgan fingerprint density at radius 1 is 1.14 bits per heavy atom. The van der Waals surface area contributed by atoms with Gasteiger partial charge in [-0.2, -0.15) is 0 Å². The number of amides is 4. The van der Waals surface area contributed by atoms with Gasteiger partial charge in [-0.15, -0.1) is 0 Å². The van der Waals surface area contributed by atoms with E-state index in [1.807, 2.05) is 0 Å². The first-order valence-electron chi connectivity index (χ1n) is 11.0. The third kappa shape index (κ3) is 4.07. The van der Waals surface area contributed by atoms with Crippen LogP contribution < -0.4 is 15.4 Å². The monoisotopic (exact) mass is 483 g/mol. The molecule has 1 fully saturated rings. The van der Waals surface area contributed by atoms with Gasteiger partial charge in [-0.05, 0) is 48.9 Å². The molecule has 1 saturated heterocycles. The van der Waals surface area contributed by atoms with Crippen molar-refractivity contribution < 1.29 is 24.2 Å². The van der Waals surface area contributed by atoms with Crippen molar-refractivity contribution in [1.82, 2.24) is 25.5 Å². The topological polar surface area (TPSA) is 134 Å². The van der Waals surface area contributed by atoms with E-state index in [4.69, 9.17) is 4.74 Å². The molecule has 10 nitrogen and oxygen atoms in total. The summed E-state index contributed by atoms with van der Waals surface area (Å²) < 4.78 is 5.21. The molecule has 2 aliphatic heterocycles. The predicted octanol–water partition coefficient (Wildman–Crippen LogP) is 1.75. The molecule has 0 radical (unpaired) electrons. The fourth-order valence-corrected chi connectivity index (χ4v) is 4.16. The molecule has 4 heterocycles. The van der Waals surface area contributed by atoms with Gasteiger partial charge in [0.25, 0.3) is 11.8 Å². The Kier molecular flexibility index (Phi) is 5.53. The van der Waals surface area contributed by atoms with Crippen molar-refractivity contribution in [3.8, 4) is 34.7 Å². The second-order valence-corrected chi connectivity index (χ2v) is 8.50. The van der Waals surface area contributed by atoms with Gasteiger partial charge in [-0.25, -0.2) is 9.78 Å². The van der Waals surface area contributed by atoms with E-state index in [1.54, 1.807) is 49.4 Å². The van der Waals surface area contributed by atoms with Gasteiger partial charge in [0.1, 0.15) is 5.75 Å². The summed E-state index contributed by atoms with van der Waals surface area (Å²) in [6, 6.07) is 11.4. The number of nitrogens with one attached hydrogen (secondary N) is 2. The Morgan fingerprint density at radius 2 is 1.97 bits per heavy atom. The smallest absolute Gasteiger partial charge is 0.323 e. The minimum Gasteiger partial charge on any atom is -0.497 e. The van der Waals surface area contributed by atoms with E-state index in [1.165, 1.54) is 18.2 Å². The summed E-state index contributed by atoms with van der Waals surface area (Å²) in [5.74, 6) is 5.25. The van der Waals surface area contributed by atoms with E-state index >= 15 is 0 Å². The van der Waals surface area contributed by atoms with Gasteiger partial charge >= 0.3 is 6.03 Å². The molecule has 0 saturated carbocycles. The molecule has 2 aromatic heterocycles. The van der Waals surface area contributed by atoms with Crippen molar-refractivity contribution in [3.63, 3.8) is 0 Å². The lowest BCUT2D eigenvalue weighted by Gasteiger charge is -2.26. The number of fused-ring (bicyclic) bond motifs is 1. The molecule has 1 atom stereocenters. The number of hydrogen-bond donors (Lipinski definition) is 3. The summed E-state index contributed by atoms with van der Waals surface area (Å²) in [7, 11) is 1.52. The van der Waals surface area contributed by atoms with Crippen molar-refractivity contribution in [2.45, 2.75) is 19.0 Å². The first-order valence-corrected chi connectivity index (χ1v) is 11.0. The van der Waals surface area contributed by atoms with Crippen LogP contribution >= 0.6 is 0 Å². The quantitative estimate of drug-likeness (QED) is 0.380. The number of aryl methyl sites for hydroxylation is 1. The lowest BCUT2D eigenvalue weighted by Crippen LogP contribution is -2.54. The molecule has 0 bridgehead atoms. The number of aromatic nitrogens is 2. The number of hydrogen-bond acceptors (Lipinski definition) is 7. The molecular formula is C26H21N5O5. The third-order valence-corrected chi connectivity index (χ3v) is 6.04. The van der Waals surface area contributed by atoms with Crippen molar-refractivity contribution in [3.05, 3.63) is 71.0 Å². The summed E-state index contributed by atoms with van der Waals surface area (Å²) in [6.07, 6.45) is 1.49. The lowest BCUT2D eigenvalue weighted by molar-refractivity contribution is -0.122. The van der Waals surface area contributed by atoms with Crippen LogP contribution in [0.2, 0.25) is 0 Å². The Bertz CT molecular complexity index is 1470. The van der Waals surface area contributed by atoms with Crippen molar-refractivity contribution in [2.24, 2.45) is 0 Å². The maximum Gasteiger partial charge on any atom is 0.323 e. The van der Waals surface area contributed by atoms with Crippen LogP contribution in [0.25, 0.3) is 11.3 Å². The second-order valence-electron chi connectivity index (χ2n) is 8.50. The highest BCUT2D eigenvalue weighted by Gasteiger charge is 2.48. The molecule has 4 amide bonds. The first-order chi connectivity index (χ1) is 17.3. The molecule has 0 aliphatic carbocycles. The fraction of sp³-hybridized carbons (Fsp3) is 0.192. The van der Waals surface area contributed by atoms with Gasteiger partial charge < -0.3 is 20.1 Å². The highest BCUT2D eigenvalue weighted by molar-refractivity contribution is 6.10. The van der Waals surface area contributed by atoms with E-state index < -0.39 is 17.5 Å². The Hall–Kier alpha value is -4.91. The normalized spacial score (nSPS) is 18.3. The van der Waals surface area contributed by atoms with Crippen molar-refractivity contribution in [2.75, 3.05) is 13.7 Å². The van der Waals surface area contributed by atoms with E-state index in [0.29, 0.717) is 33.8 Å². The number of benzene rings is 1. The number of urea groups is 1. The van der Waals surface area contributed by atoms with Gasteiger partial charge in [0.05, 0.1) is 24.9 Å². The van der Waals surface area contributed by atoms with Gasteiger partial charge in [0.2, 0.25) is 11.4 Å². The van der Waals surface area contributed by atoms with E-state index in [9.17, 15) is 19.5 Å². The SMILES string of the molecule is COc1ccc2c(c1)C(=O)N(C[C@@]1(C#Cc3ccc(-c4ccc(C)nc4O)nc3)NC(=O)NC1=O)C2.